The van der Waals surface area contributed by atoms with Gasteiger partial charge in [0.1, 0.15) is 0 Å². The Morgan fingerprint density at radius 3 is 2.74 bits per heavy atom. The monoisotopic (exact) mass is 300 g/mol. The van der Waals surface area contributed by atoms with Crippen molar-refractivity contribution in [3.05, 3.63) is 33.8 Å². The second kappa shape index (κ2) is 5.90. The molecule has 0 aliphatic carbocycles. The standard InChI is InChI=1S/C13H14Cl2N2O2/c1-7(9-3-2-8(14)6-10(9)15)16-11-4-5-12(18)17-13(11)19/h2-3,6-7,11,16H,4-5H2,1H3,(H,17,18,19). The number of carbonyl (C=O) groups excluding carboxylic acids is 2. The van der Waals surface area contributed by atoms with E-state index in [-0.39, 0.29) is 23.9 Å². The van der Waals surface area contributed by atoms with Crippen LogP contribution in [0, 0.1) is 0 Å². The molecule has 0 radical (unpaired) electrons. The number of halogens is 2. The molecule has 1 heterocycles. The van der Waals surface area contributed by atoms with E-state index in [9.17, 15) is 9.59 Å². The molecular formula is C13H14Cl2N2O2. The molecular weight excluding hydrogens is 287 g/mol. The van der Waals surface area contributed by atoms with Gasteiger partial charge in [-0.25, -0.2) is 0 Å². The maximum atomic E-state index is 11.7. The number of hydrogen-bond acceptors (Lipinski definition) is 3. The number of imide groups is 1. The first-order chi connectivity index (χ1) is 8.97. The summed E-state index contributed by atoms with van der Waals surface area (Å²) in [5, 5.41) is 6.62. The van der Waals surface area contributed by atoms with Gasteiger partial charge < -0.3 is 0 Å². The third-order valence-electron chi connectivity index (χ3n) is 3.12. The molecule has 1 aliphatic rings. The van der Waals surface area contributed by atoms with Gasteiger partial charge >= 0.3 is 0 Å². The van der Waals surface area contributed by atoms with E-state index < -0.39 is 0 Å². The Bertz CT molecular complexity index is 519. The number of hydrogen-bond donors (Lipinski definition) is 2. The Morgan fingerprint density at radius 2 is 2.11 bits per heavy atom. The minimum Gasteiger partial charge on any atom is -0.299 e. The topological polar surface area (TPSA) is 58.2 Å². The lowest BCUT2D eigenvalue weighted by Gasteiger charge is -2.26. The van der Waals surface area contributed by atoms with Crippen LogP contribution in [0.3, 0.4) is 0 Å². The first-order valence-electron chi connectivity index (χ1n) is 6.02. The highest BCUT2D eigenvalue weighted by Crippen LogP contribution is 2.26. The molecule has 2 unspecified atom stereocenters. The molecule has 1 aromatic rings. The van der Waals surface area contributed by atoms with Crippen LogP contribution in [0.4, 0.5) is 0 Å². The summed E-state index contributed by atoms with van der Waals surface area (Å²) in [4.78, 5) is 22.7. The first kappa shape index (κ1) is 14.3. The van der Waals surface area contributed by atoms with Gasteiger partial charge in [-0.1, -0.05) is 29.3 Å². The fourth-order valence-corrected chi connectivity index (χ4v) is 2.67. The Kier molecular flexibility index (Phi) is 4.45. The van der Waals surface area contributed by atoms with E-state index in [1.54, 1.807) is 12.1 Å². The van der Waals surface area contributed by atoms with Crippen molar-refractivity contribution in [3.8, 4) is 0 Å². The predicted molar refractivity (Wildman–Crippen MR) is 74.2 cm³/mol. The summed E-state index contributed by atoms with van der Waals surface area (Å²) in [5.74, 6) is -0.506. The van der Waals surface area contributed by atoms with E-state index in [1.165, 1.54) is 0 Å². The Morgan fingerprint density at radius 1 is 1.37 bits per heavy atom. The SMILES string of the molecule is CC(NC1CCC(=O)NC1=O)c1ccc(Cl)cc1Cl. The minimum atomic E-state index is -0.376. The van der Waals surface area contributed by atoms with Crippen molar-refractivity contribution in [2.45, 2.75) is 31.8 Å². The van der Waals surface area contributed by atoms with Gasteiger partial charge in [0.05, 0.1) is 6.04 Å². The molecule has 1 aliphatic heterocycles. The lowest BCUT2D eigenvalue weighted by molar-refractivity contribution is -0.134. The van der Waals surface area contributed by atoms with Crippen molar-refractivity contribution in [1.29, 1.82) is 0 Å². The average Bonchev–Trinajstić information content (AvgIpc) is 2.32. The number of amides is 2. The van der Waals surface area contributed by atoms with Gasteiger partial charge in [-0.3, -0.25) is 20.2 Å². The number of rotatable bonds is 3. The highest BCUT2D eigenvalue weighted by molar-refractivity contribution is 6.35. The zero-order valence-electron chi connectivity index (χ0n) is 10.4. The van der Waals surface area contributed by atoms with Crippen LogP contribution in [-0.2, 0) is 9.59 Å². The van der Waals surface area contributed by atoms with Crippen molar-refractivity contribution in [2.24, 2.45) is 0 Å². The molecule has 6 heteroatoms. The maximum Gasteiger partial charge on any atom is 0.243 e. The van der Waals surface area contributed by atoms with Crippen LogP contribution < -0.4 is 10.6 Å². The molecule has 19 heavy (non-hydrogen) atoms. The summed E-state index contributed by atoms with van der Waals surface area (Å²) < 4.78 is 0. The van der Waals surface area contributed by atoms with Crippen LogP contribution in [0.15, 0.2) is 18.2 Å². The van der Waals surface area contributed by atoms with E-state index in [2.05, 4.69) is 10.6 Å². The molecule has 2 N–H and O–H groups in total. The molecule has 1 saturated heterocycles. The van der Waals surface area contributed by atoms with Crippen LogP contribution in [-0.4, -0.2) is 17.9 Å². The number of piperidine rings is 1. The molecule has 0 saturated carbocycles. The summed E-state index contributed by atoms with van der Waals surface area (Å²) in [6, 6.07) is 4.77. The number of benzene rings is 1. The third kappa shape index (κ3) is 3.47. The van der Waals surface area contributed by atoms with Crippen molar-refractivity contribution < 1.29 is 9.59 Å². The van der Waals surface area contributed by atoms with Crippen LogP contribution in [0.5, 0.6) is 0 Å². The van der Waals surface area contributed by atoms with E-state index >= 15 is 0 Å². The highest BCUT2D eigenvalue weighted by Gasteiger charge is 2.28. The zero-order chi connectivity index (χ0) is 14.0. The fraction of sp³-hybridized carbons (Fsp3) is 0.385. The van der Waals surface area contributed by atoms with E-state index in [4.69, 9.17) is 23.2 Å². The van der Waals surface area contributed by atoms with Crippen LogP contribution in [0.2, 0.25) is 10.0 Å². The van der Waals surface area contributed by atoms with Gasteiger partial charge in [0.2, 0.25) is 11.8 Å². The first-order valence-corrected chi connectivity index (χ1v) is 6.77. The fourth-order valence-electron chi connectivity index (χ4n) is 2.10. The number of nitrogens with one attached hydrogen (secondary N) is 2. The van der Waals surface area contributed by atoms with Gasteiger partial charge in [0.15, 0.2) is 0 Å². The molecule has 2 amide bonds. The van der Waals surface area contributed by atoms with Gasteiger partial charge in [-0.05, 0) is 31.0 Å². The lowest BCUT2D eigenvalue weighted by Crippen LogP contribution is -2.51. The Labute approximate surface area is 121 Å². The van der Waals surface area contributed by atoms with Crippen molar-refractivity contribution in [3.63, 3.8) is 0 Å². The average molecular weight is 301 g/mol. The molecule has 1 fully saturated rings. The smallest absolute Gasteiger partial charge is 0.243 e. The van der Waals surface area contributed by atoms with Gasteiger partial charge in [-0.15, -0.1) is 0 Å². The molecule has 0 spiro atoms. The Hall–Kier alpha value is -1.10. The van der Waals surface area contributed by atoms with Crippen molar-refractivity contribution in [1.82, 2.24) is 10.6 Å². The molecule has 1 aromatic carbocycles. The summed E-state index contributed by atoms with van der Waals surface area (Å²) in [5.41, 5.74) is 0.871. The van der Waals surface area contributed by atoms with Crippen LogP contribution in [0.25, 0.3) is 0 Å². The Balaban J connectivity index is 2.06. The second-order valence-corrected chi connectivity index (χ2v) is 5.40. The normalized spacial score (nSPS) is 21.1. The number of carbonyl (C=O) groups is 2. The summed E-state index contributed by atoms with van der Waals surface area (Å²) >= 11 is 12.0. The van der Waals surface area contributed by atoms with Crippen molar-refractivity contribution in [2.75, 3.05) is 0 Å². The van der Waals surface area contributed by atoms with Crippen LogP contribution >= 0.6 is 23.2 Å². The van der Waals surface area contributed by atoms with Crippen molar-refractivity contribution >= 4 is 35.0 Å². The largest absolute Gasteiger partial charge is 0.299 e. The maximum absolute atomic E-state index is 11.7. The summed E-state index contributed by atoms with van der Waals surface area (Å²) in [6.45, 7) is 1.92. The summed E-state index contributed by atoms with van der Waals surface area (Å²) in [7, 11) is 0. The van der Waals surface area contributed by atoms with E-state index in [1.807, 2.05) is 13.0 Å². The van der Waals surface area contributed by atoms with E-state index in [0.717, 1.165) is 5.56 Å². The van der Waals surface area contributed by atoms with Gasteiger partial charge in [0, 0.05) is 22.5 Å². The molecule has 0 aromatic heterocycles. The molecule has 2 rings (SSSR count). The second-order valence-electron chi connectivity index (χ2n) is 4.56. The zero-order valence-corrected chi connectivity index (χ0v) is 11.9. The summed E-state index contributed by atoms with van der Waals surface area (Å²) in [6.07, 6.45) is 0.852. The molecule has 0 bridgehead atoms. The van der Waals surface area contributed by atoms with Crippen LogP contribution in [0.1, 0.15) is 31.4 Å². The third-order valence-corrected chi connectivity index (χ3v) is 3.68. The van der Waals surface area contributed by atoms with E-state index in [0.29, 0.717) is 22.9 Å². The van der Waals surface area contributed by atoms with Gasteiger partial charge in [-0.2, -0.15) is 0 Å². The molecule has 4 nitrogen and oxygen atoms in total. The highest BCUT2D eigenvalue weighted by atomic mass is 35.5. The predicted octanol–water partition coefficient (Wildman–Crippen LogP) is 2.45. The quantitative estimate of drug-likeness (QED) is 0.843. The lowest BCUT2D eigenvalue weighted by atomic mass is 10.0. The molecule has 102 valence electrons. The van der Waals surface area contributed by atoms with Gasteiger partial charge in [0.25, 0.3) is 0 Å². The molecule has 2 atom stereocenters. The minimum absolute atomic E-state index is 0.103.